The van der Waals surface area contributed by atoms with Crippen LogP contribution in [0.4, 0.5) is 0 Å². The maximum atomic E-state index is 2.64. The van der Waals surface area contributed by atoms with Crippen LogP contribution < -0.4 is 0 Å². The topological polar surface area (TPSA) is 6.48 Å². The monoisotopic (exact) mass is 246 g/mol. The molecule has 2 aliphatic heterocycles. The first kappa shape index (κ1) is 14.2. The summed E-state index contributed by atoms with van der Waals surface area (Å²) in [6.07, 6.45) is 5.42. The van der Waals surface area contributed by atoms with E-state index in [9.17, 15) is 0 Å². The first-order chi connectivity index (χ1) is 8.73. The lowest BCUT2D eigenvalue weighted by molar-refractivity contribution is 0.476. The molecule has 0 aromatic rings. The zero-order valence-electron chi connectivity index (χ0n) is 12.7. The minimum atomic E-state index is 0.822. The van der Waals surface area contributed by atoms with E-state index in [0.29, 0.717) is 0 Å². The second-order valence-electron chi connectivity index (χ2n) is 5.77. The van der Waals surface area contributed by atoms with E-state index in [1.165, 1.54) is 51.5 Å². The number of nitrogens with zero attached hydrogens (tertiary/aromatic N) is 2. The molecule has 0 saturated heterocycles. The Morgan fingerprint density at radius 1 is 0.667 bits per heavy atom. The Hall–Kier alpha value is -0.210. The summed E-state index contributed by atoms with van der Waals surface area (Å²) in [6.45, 7) is 15.7. The summed E-state index contributed by atoms with van der Waals surface area (Å²) in [5.41, 5.74) is 3.62. The lowest BCUT2D eigenvalue weighted by Crippen LogP contribution is -2.40. The van der Waals surface area contributed by atoms with Gasteiger partial charge in [-0.25, -0.2) is 0 Å². The minimum Gasteiger partial charge on any atom is -0.342 e. The van der Waals surface area contributed by atoms with Gasteiger partial charge in [-0.3, -0.25) is 0 Å². The van der Waals surface area contributed by atoms with Crippen molar-refractivity contribution < 1.29 is 0 Å². The van der Waals surface area contributed by atoms with Crippen LogP contribution in [0.2, 0.25) is 25.3 Å². The second-order valence-corrected chi connectivity index (χ2v) is 5.77. The molecule has 0 unspecified atom stereocenters. The van der Waals surface area contributed by atoms with Crippen molar-refractivity contribution >= 4 is 13.7 Å². The lowest BCUT2D eigenvalue weighted by atomic mass is 9.49. The molecule has 0 radical (unpaired) electrons. The van der Waals surface area contributed by atoms with Gasteiger partial charge in [0.1, 0.15) is 0 Å². The van der Waals surface area contributed by atoms with Crippen molar-refractivity contribution in [3.63, 3.8) is 0 Å². The average molecular weight is 246 g/mol. The Morgan fingerprint density at radius 2 is 0.944 bits per heavy atom. The maximum absolute atomic E-state index is 2.64. The van der Waals surface area contributed by atoms with E-state index >= 15 is 0 Å². The van der Waals surface area contributed by atoms with Crippen molar-refractivity contribution in [3.8, 4) is 0 Å². The second kappa shape index (κ2) is 6.29. The van der Waals surface area contributed by atoms with E-state index in [1.807, 2.05) is 11.1 Å². The van der Waals surface area contributed by atoms with Crippen LogP contribution in [-0.2, 0) is 0 Å². The van der Waals surface area contributed by atoms with E-state index in [-0.39, 0.29) is 0 Å². The molecule has 4 heteroatoms. The predicted molar refractivity (Wildman–Crippen MR) is 83.6 cm³/mol. The van der Waals surface area contributed by atoms with E-state index in [4.69, 9.17) is 0 Å². The molecule has 0 atom stereocenters. The van der Waals surface area contributed by atoms with Gasteiger partial charge in [0.05, 0.1) is 0 Å². The fourth-order valence-electron chi connectivity index (χ4n) is 4.02. The molecule has 0 aromatic heterocycles. The van der Waals surface area contributed by atoms with Gasteiger partial charge in [0, 0.05) is 0 Å². The summed E-state index contributed by atoms with van der Waals surface area (Å²) < 4.78 is 0. The standard InChI is InChI=1S/C14H28B2N2/c1-5-17(6-2)15-9-13-11-16(12-14(13)10-15)18(7-3)8-4/h5-12H2,1-4H3. The van der Waals surface area contributed by atoms with Crippen LogP contribution in [0.1, 0.15) is 27.7 Å². The van der Waals surface area contributed by atoms with Gasteiger partial charge < -0.3 is 9.62 Å². The first-order valence-corrected chi connectivity index (χ1v) is 7.91. The Labute approximate surface area is 114 Å². The van der Waals surface area contributed by atoms with E-state index in [2.05, 4.69) is 37.3 Å². The van der Waals surface area contributed by atoms with Crippen LogP contribution in [0.5, 0.6) is 0 Å². The smallest absolute Gasteiger partial charge is 0.231 e. The van der Waals surface area contributed by atoms with Gasteiger partial charge >= 0.3 is 0 Å². The molecular formula is C14H28B2N2. The maximum Gasteiger partial charge on any atom is 0.231 e. The van der Waals surface area contributed by atoms with Gasteiger partial charge in [0.15, 0.2) is 0 Å². The molecule has 2 heterocycles. The van der Waals surface area contributed by atoms with Crippen LogP contribution in [0.15, 0.2) is 11.1 Å². The summed E-state index contributed by atoms with van der Waals surface area (Å²) in [7, 11) is 0. The Bertz CT molecular complexity index is 263. The summed E-state index contributed by atoms with van der Waals surface area (Å²) >= 11 is 0. The van der Waals surface area contributed by atoms with E-state index < -0.39 is 0 Å². The third kappa shape index (κ3) is 2.70. The van der Waals surface area contributed by atoms with Crippen molar-refractivity contribution in [2.75, 3.05) is 26.2 Å². The quantitative estimate of drug-likeness (QED) is 0.525. The fraction of sp³-hybridized carbons (Fsp3) is 0.857. The van der Waals surface area contributed by atoms with Crippen LogP contribution >= 0.6 is 0 Å². The molecule has 2 aliphatic rings. The molecule has 18 heavy (non-hydrogen) atoms. The van der Waals surface area contributed by atoms with Gasteiger partial charge in [-0.1, -0.05) is 38.8 Å². The number of allylic oxidation sites excluding steroid dienone is 2. The molecule has 100 valence electrons. The highest BCUT2D eigenvalue weighted by atomic mass is 15.1. The third-order valence-corrected chi connectivity index (χ3v) is 5.09. The lowest BCUT2D eigenvalue weighted by Gasteiger charge is -2.27. The van der Waals surface area contributed by atoms with E-state index in [0.717, 1.165) is 13.7 Å². The molecule has 2 rings (SSSR count). The molecule has 0 N–H and O–H groups in total. The molecule has 0 aromatic carbocycles. The largest absolute Gasteiger partial charge is 0.342 e. The zero-order valence-corrected chi connectivity index (χ0v) is 12.7. The highest BCUT2D eigenvalue weighted by Crippen LogP contribution is 2.41. The Balaban J connectivity index is 1.89. The molecule has 0 fully saturated rings. The van der Waals surface area contributed by atoms with Gasteiger partial charge in [-0.2, -0.15) is 0 Å². The van der Waals surface area contributed by atoms with Crippen molar-refractivity contribution in [2.24, 2.45) is 0 Å². The first-order valence-electron chi connectivity index (χ1n) is 7.91. The number of hydrogen-bond acceptors (Lipinski definition) is 2. The Morgan fingerprint density at radius 3 is 1.17 bits per heavy atom. The van der Waals surface area contributed by atoms with Gasteiger partial charge in [0.2, 0.25) is 13.7 Å². The summed E-state index contributed by atoms with van der Waals surface area (Å²) in [5, 5.41) is 0. The number of rotatable bonds is 6. The van der Waals surface area contributed by atoms with E-state index in [1.54, 1.807) is 0 Å². The van der Waals surface area contributed by atoms with Crippen LogP contribution in [0.25, 0.3) is 0 Å². The van der Waals surface area contributed by atoms with Gasteiger partial charge in [-0.15, -0.1) is 0 Å². The molecule has 0 spiro atoms. The average Bonchev–Trinajstić information content (AvgIpc) is 2.91. The van der Waals surface area contributed by atoms with Gasteiger partial charge in [-0.05, 0) is 51.5 Å². The normalized spacial score (nSPS) is 19.7. The molecule has 2 nitrogen and oxygen atoms in total. The minimum absolute atomic E-state index is 0.822. The van der Waals surface area contributed by atoms with Crippen molar-refractivity contribution in [2.45, 2.75) is 53.0 Å². The van der Waals surface area contributed by atoms with Crippen molar-refractivity contribution in [1.29, 1.82) is 0 Å². The summed E-state index contributed by atoms with van der Waals surface area (Å²) in [5.74, 6) is 0. The van der Waals surface area contributed by atoms with Crippen LogP contribution in [-0.4, -0.2) is 49.5 Å². The highest BCUT2D eigenvalue weighted by Gasteiger charge is 2.39. The third-order valence-electron chi connectivity index (χ3n) is 5.09. The van der Waals surface area contributed by atoms with Crippen molar-refractivity contribution in [1.82, 2.24) is 9.62 Å². The van der Waals surface area contributed by atoms with Gasteiger partial charge in [0.25, 0.3) is 0 Å². The fourth-order valence-corrected chi connectivity index (χ4v) is 4.02. The van der Waals surface area contributed by atoms with Crippen LogP contribution in [0.3, 0.4) is 0 Å². The highest BCUT2D eigenvalue weighted by molar-refractivity contribution is 6.64. The SMILES string of the molecule is CCN(CC)B1CC2=C(C1)CB(N(CC)CC)C2. The van der Waals surface area contributed by atoms with Crippen molar-refractivity contribution in [3.05, 3.63) is 11.1 Å². The summed E-state index contributed by atoms with van der Waals surface area (Å²) in [4.78, 5) is 5.29. The zero-order chi connectivity index (χ0) is 13.1. The summed E-state index contributed by atoms with van der Waals surface area (Å²) in [6, 6.07) is 0. The number of hydrogen-bond donors (Lipinski definition) is 0. The Kier molecular flexibility index (Phi) is 4.97. The molecular weight excluding hydrogens is 218 g/mol. The van der Waals surface area contributed by atoms with Crippen LogP contribution in [0, 0.1) is 0 Å². The molecule has 0 aliphatic carbocycles. The molecule has 0 saturated carbocycles. The predicted octanol–water partition coefficient (Wildman–Crippen LogP) is 2.98. The molecule has 0 bridgehead atoms. The molecule has 0 amide bonds.